The second-order valence-corrected chi connectivity index (χ2v) is 7.83. The molecular weight excluding hydrogens is 376 g/mol. The average molecular weight is 405 g/mol. The van der Waals surface area contributed by atoms with Gasteiger partial charge in [-0.2, -0.15) is 0 Å². The molecule has 4 rings (SSSR count). The van der Waals surface area contributed by atoms with Crippen molar-refractivity contribution in [1.29, 1.82) is 0 Å². The Morgan fingerprint density at radius 3 is 2.73 bits per heavy atom. The first-order chi connectivity index (χ1) is 14.6. The van der Waals surface area contributed by atoms with Crippen LogP contribution in [-0.4, -0.2) is 35.6 Å². The van der Waals surface area contributed by atoms with Crippen LogP contribution in [0.2, 0.25) is 0 Å². The van der Waals surface area contributed by atoms with Crippen molar-refractivity contribution in [2.45, 2.75) is 33.1 Å². The molecule has 2 aromatic carbocycles. The van der Waals surface area contributed by atoms with E-state index in [4.69, 9.17) is 14.7 Å². The highest BCUT2D eigenvalue weighted by Crippen LogP contribution is 2.31. The van der Waals surface area contributed by atoms with E-state index in [0.717, 1.165) is 53.9 Å². The van der Waals surface area contributed by atoms with Crippen LogP contribution in [0.1, 0.15) is 31.7 Å². The summed E-state index contributed by atoms with van der Waals surface area (Å²) in [5, 5.41) is 3.07. The van der Waals surface area contributed by atoms with Crippen molar-refractivity contribution in [2.24, 2.45) is 5.92 Å². The molecule has 6 heteroatoms. The number of amides is 1. The van der Waals surface area contributed by atoms with E-state index in [1.807, 2.05) is 55.5 Å². The summed E-state index contributed by atoms with van der Waals surface area (Å²) in [5.41, 5.74) is 3.62. The fourth-order valence-electron chi connectivity index (χ4n) is 3.83. The van der Waals surface area contributed by atoms with E-state index in [0.29, 0.717) is 19.0 Å². The van der Waals surface area contributed by atoms with Crippen LogP contribution in [0.5, 0.6) is 5.88 Å². The number of ether oxygens (including phenoxy) is 1. The summed E-state index contributed by atoms with van der Waals surface area (Å²) in [4.78, 5) is 24.6. The van der Waals surface area contributed by atoms with Crippen LogP contribution in [0.25, 0.3) is 11.0 Å². The topological polar surface area (TPSA) is 67.4 Å². The molecule has 1 saturated heterocycles. The lowest BCUT2D eigenvalue weighted by atomic mass is 9.97. The van der Waals surface area contributed by atoms with Gasteiger partial charge in [-0.15, -0.1) is 0 Å². The second kappa shape index (κ2) is 9.11. The third-order valence-electron chi connectivity index (χ3n) is 5.34. The molecule has 30 heavy (non-hydrogen) atoms. The Labute approximate surface area is 177 Å². The Morgan fingerprint density at radius 2 is 1.97 bits per heavy atom. The molecule has 2 heterocycles. The Balaban J connectivity index is 1.56. The van der Waals surface area contributed by atoms with E-state index in [1.165, 1.54) is 0 Å². The summed E-state index contributed by atoms with van der Waals surface area (Å²) < 4.78 is 5.94. The molecule has 1 N–H and O–H groups in total. The van der Waals surface area contributed by atoms with Gasteiger partial charge in [0.1, 0.15) is 0 Å². The minimum absolute atomic E-state index is 0.0510. The first-order valence-corrected chi connectivity index (χ1v) is 10.7. The van der Waals surface area contributed by atoms with Gasteiger partial charge in [-0.1, -0.05) is 31.2 Å². The zero-order valence-corrected chi connectivity index (χ0v) is 17.6. The van der Waals surface area contributed by atoms with Gasteiger partial charge in [0, 0.05) is 18.8 Å². The van der Waals surface area contributed by atoms with Crippen molar-refractivity contribution >= 4 is 28.4 Å². The largest absolute Gasteiger partial charge is 0.475 e. The van der Waals surface area contributed by atoms with Crippen LogP contribution in [0, 0.1) is 12.8 Å². The van der Waals surface area contributed by atoms with E-state index in [-0.39, 0.29) is 11.8 Å². The number of carbonyl (C=O) groups excluding carboxylic acids is 1. The lowest BCUT2D eigenvalue weighted by Gasteiger charge is -2.33. The lowest BCUT2D eigenvalue weighted by Crippen LogP contribution is -2.41. The number of rotatable bonds is 6. The first kappa shape index (κ1) is 20.1. The molecule has 6 nitrogen and oxygen atoms in total. The van der Waals surface area contributed by atoms with Crippen molar-refractivity contribution < 1.29 is 9.53 Å². The molecule has 1 amide bonds. The van der Waals surface area contributed by atoms with E-state index >= 15 is 0 Å². The van der Waals surface area contributed by atoms with Gasteiger partial charge in [0.05, 0.1) is 23.6 Å². The summed E-state index contributed by atoms with van der Waals surface area (Å²) in [6.07, 6.45) is 2.68. The number of piperidine rings is 1. The highest BCUT2D eigenvalue weighted by molar-refractivity contribution is 5.93. The third kappa shape index (κ3) is 4.53. The van der Waals surface area contributed by atoms with Gasteiger partial charge in [0.25, 0.3) is 5.88 Å². The molecule has 0 saturated carbocycles. The van der Waals surface area contributed by atoms with Crippen LogP contribution in [0.4, 0.5) is 11.5 Å². The fourth-order valence-corrected chi connectivity index (χ4v) is 3.83. The van der Waals surface area contributed by atoms with Gasteiger partial charge >= 0.3 is 0 Å². The molecule has 1 aromatic heterocycles. The normalized spacial score (nSPS) is 16.5. The number of benzene rings is 2. The molecule has 156 valence electrons. The van der Waals surface area contributed by atoms with Crippen LogP contribution >= 0.6 is 0 Å². The maximum atomic E-state index is 12.9. The molecule has 0 unspecified atom stereocenters. The number of para-hydroxylation sites is 2. The number of fused-ring (bicyclic) bond motifs is 1. The van der Waals surface area contributed by atoms with Crippen LogP contribution < -0.4 is 15.0 Å². The number of aryl methyl sites for hydroxylation is 1. The van der Waals surface area contributed by atoms with Gasteiger partial charge in [-0.25, -0.2) is 9.97 Å². The highest BCUT2D eigenvalue weighted by Gasteiger charge is 2.29. The van der Waals surface area contributed by atoms with Crippen molar-refractivity contribution in [2.75, 3.05) is 29.9 Å². The number of aromatic nitrogens is 2. The predicted octanol–water partition coefficient (Wildman–Crippen LogP) is 4.58. The van der Waals surface area contributed by atoms with Crippen LogP contribution in [-0.2, 0) is 4.79 Å². The summed E-state index contributed by atoms with van der Waals surface area (Å²) in [5.74, 6) is 1.23. The van der Waals surface area contributed by atoms with Crippen LogP contribution in [0.3, 0.4) is 0 Å². The first-order valence-electron chi connectivity index (χ1n) is 10.7. The maximum Gasteiger partial charge on any atom is 0.258 e. The average Bonchev–Trinajstić information content (AvgIpc) is 2.77. The smallest absolute Gasteiger partial charge is 0.258 e. The second-order valence-electron chi connectivity index (χ2n) is 7.83. The summed E-state index contributed by atoms with van der Waals surface area (Å²) >= 11 is 0. The molecule has 3 aromatic rings. The monoisotopic (exact) mass is 404 g/mol. The number of hydrogen-bond donors (Lipinski definition) is 1. The maximum absolute atomic E-state index is 12.9. The molecular formula is C24H28N4O2. The van der Waals surface area contributed by atoms with E-state index in [1.54, 1.807) is 0 Å². The fraction of sp³-hybridized carbons (Fsp3) is 0.375. The van der Waals surface area contributed by atoms with E-state index in [2.05, 4.69) is 17.1 Å². The highest BCUT2D eigenvalue weighted by atomic mass is 16.5. The van der Waals surface area contributed by atoms with E-state index < -0.39 is 0 Å². The Hall–Kier alpha value is -3.15. The minimum Gasteiger partial charge on any atom is -0.475 e. The molecule has 1 fully saturated rings. The van der Waals surface area contributed by atoms with Gasteiger partial charge in [0.15, 0.2) is 5.82 Å². The standard InChI is InChI=1S/C24H28N4O2/c1-3-14-30-24-22(26-20-11-4-5-12-21(20)27-24)28-13-7-9-18(16-28)23(29)25-19-10-6-8-17(2)15-19/h4-6,8,10-12,15,18H,3,7,9,13-14,16H2,1-2H3,(H,25,29)/t18-/m0/s1. The third-order valence-corrected chi connectivity index (χ3v) is 5.34. The zero-order chi connectivity index (χ0) is 20.9. The van der Waals surface area contributed by atoms with Crippen molar-refractivity contribution in [3.8, 4) is 5.88 Å². The van der Waals surface area contributed by atoms with Crippen molar-refractivity contribution in [3.05, 3.63) is 54.1 Å². The van der Waals surface area contributed by atoms with Gasteiger partial charge in [-0.05, 0) is 56.0 Å². The number of hydrogen-bond acceptors (Lipinski definition) is 5. The number of nitrogens with one attached hydrogen (secondary N) is 1. The molecule has 0 radical (unpaired) electrons. The zero-order valence-electron chi connectivity index (χ0n) is 17.6. The SMILES string of the molecule is CCCOc1nc2ccccc2nc1N1CCC[C@H](C(=O)Nc2cccc(C)c2)C1. The Morgan fingerprint density at radius 1 is 1.17 bits per heavy atom. The quantitative estimate of drug-likeness (QED) is 0.651. The molecule has 1 atom stereocenters. The molecule has 1 aliphatic rings. The van der Waals surface area contributed by atoms with Crippen molar-refractivity contribution in [3.63, 3.8) is 0 Å². The lowest BCUT2D eigenvalue weighted by molar-refractivity contribution is -0.120. The van der Waals surface area contributed by atoms with Gasteiger partial charge in [-0.3, -0.25) is 4.79 Å². The summed E-state index contributed by atoms with van der Waals surface area (Å²) in [6, 6.07) is 15.7. The Kier molecular flexibility index (Phi) is 6.12. The Bertz CT molecular complexity index is 1040. The number of carbonyl (C=O) groups is 1. The van der Waals surface area contributed by atoms with Crippen LogP contribution in [0.15, 0.2) is 48.5 Å². The van der Waals surface area contributed by atoms with Gasteiger partial charge in [0.2, 0.25) is 5.91 Å². The predicted molar refractivity (Wildman–Crippen MR) is 120 cm³/mol. The van der Waals surface area contributed by atoms with Gasteiger partial charge < -0.3 is 15.0 Å². The number of anilines is 2. The molecule has 0 aliphatic carbocycles. The minimum atomic E-state index is -0.105. The summed E-state index contributed by atoms with van der Waals surface area (Å²) in [7, 11) is 0. The molecule has 0 bridgehead atoms. The summed E-state index contributed by atoms with van der Waals surface area (Å²) in [6.45, 7) is 6.12. The molecule has 0 spiro atoms. The van der Waals surface area contributed by atoms with Crippen molar-refractivity contribution in [1.82, 2.24) is 9.97 Å². The number of nitrogens with zero attached hydrogens (tertiary/aromatic N) is 3. The van der Waals surface area contributed by atoms with E-state index in [9.17, 15) is 4.79 Å². The molecule has 1 aliphatic heterocycles.